The molecule has 0 saturated heterocycles. The Morgan fingerprint density at radius 1 is 1.31 bits per heavy atom. The first-order chi connectivity index (χ1) is 7.61. The molecule has 0 amide bonds. The second kappa shape index (κ2) is 4.29. The molecule has 2 heterocycles. The van der Waals surface area contributed by atoms with Gasteiger partial charge in [0.05, 0.1) is 23.8 Å². The molecule has 0 aromatic carbocycles. The van der Waals surface area contributed by atoms with Gasteiger partial charge in [-0.2, -0.15) is 10.2 Å². The SMILES string of the molecule is Cc1nn(Cc2ccn(C)n2)c(C)c1CCl. The summed E-state index contributed by atoms with van der Waals surface area (Å²) in [5.74, 6) is 0.514. The van der Waals surface area contributed by atoms with Crippen molar-refractivity contribution in [2.75, 3.05) is 0 Å². The maximum atomic E-state index is 5.88. The van der Waals surface area contributed by atoms with Crippen molar-refractivity contribution < 1.29 is 0 Å². The lowest BCUT2D eigenvalue weighted by molar-refractivity contribution is 0.630. The van der Waals surface area contributed by atoms with Gasteiger partial charge in [0.15, 0.2) is 0 Å². The quantitative estimate of drug-likeness (QED) is 0.767. The zero-order valence-corrected chi connectivity index (χ0v) is 10.5. The number of nitrogens with zero attached hydrogens (tertiary/aromatic N) is 4. The van der Waals surface area contributed by atoms with Gasteiger partial charge < -0.3 is 0 Å². The van der Waals surface area contributed by atoms with Crippen molar-refractivity contribution in [2.24, 2.45) is 7.05 Å². The summed E-state index contributed by atoms with van der Waals surface area (Å²) in [6.07, 6.45) is 1.93. The molecule has 2 aromatic rings. The predicted molar refractivity (Wildman–Crippen MR) is 63.6 cm³/mol. The number of aryl methyl sites for hydroxylation is 2. The van der Waals surface area contributed by atoms with Crippen LogP contribution in [0, 0.1) is 13.8 Å². The van der Waals surface area contributed by atoms with Crippen LogP contribution in [0.2, 0.25) is 0 Å². The minimum absolute atomic E-state index is 0.514. The standard InChI is InChI=1S/C11H15ClN4/c1-8-11(6-12)9(2)16(13-8)7-10-4-5-15(3)14-10/h4-5H,6-7H2,1-3H3. The van der Waals surface area contributed by atoms with Crippen LogP contribution in [0.15, 0.2) is 12.3 Å². The van der Waals surface area contributed by atoms with E-state index in [0.717, 1.165) is 22.6 Å². The van der Waals surface area contributed by atoms with Gasteiger partial charge in [-0.3, -0.25) is 9.36 Å². The predicted octanol–water partition coefficient (Wildman–Crippen LogP) is 2.02. The second-order valence-electron chi connectivity index (χ2n) is 3.92. The molecule has 0 aliphatic heterocycles. The summed E-state index contributed by atoms with van der Waals surface area (Å²) < 4.78 is 3.75. The fourth-order valence-electron chi connectivity index (χ4n) is 1.78. The van der Waals surface area contributed by atoms with Gasteiger partial charge in [-0.05, 0) is 19.9 Å². The Morgan fingerprint density at radius 2 is 2.06 bits per heavy atom. The van der Waals surface area contributed by atoms with Crippen molar-refractivity contribution in [3.8, 4) is 0 Å². The minimum atomic E-state index is 0.514. The highest BCUT2D eigenvalue weighted by atomic mass is 35.5. The van der Waals surface area contributed by atoms with E-state index < -0.39 is 0 Å². The topological polar surface area (TPSA) is 35.6 Å². The average Bonchev–Trinajstić information content (AvgIpc) is 2.74. The molecular weight excluding hydrogens is 224 g/mol. The van der Waals surface area contributed by atoms with Crippen molar-refractivity contribution in [1.29, 1.82) is 0 Å². The van der Waals surface area contributed by atoms with Crippen LogP contribution in [0.3, 0.4) is 0 Å². The summed E-state index contributed by atoms with van der Waals surface area (Å²) in [6.45, 7) is 4.73. The first kappa shape index (κ1) is 11.2. The molecule has 2 aromatic heterocycles. The van der Waals surface area contributed by atoms with Crippen LogP contribution in [0.5, 0.6) is 0 Å². The summed E-state index contributed by atoms with van der Waals surface area (Å²) in [5.41, 5.74) is 4.26. The number of hydrogen-bond donors (Lipinski definition) is 0. The van der Waals surface area contributed by atoms with Gasteiger partial charge in [-0.15, -0.1) is 11.6 Å². The Hall–Kier alpha value is -1.29. The van der Waals surface area contributed by atoms with E-state index in [2.05, 4.69) is 10.2 Å². The number of hydrogen-bond acceptors (Lipinski definition) is 2. The van der Waals surface area contributed by atoms with E-state index in [1.807, 2.05) is 37.8 Å². The van der Waals surface area contributed by atoms with Crippen LogP contribution < -0.4 is 0 Å². The van der Waals surface area contributed by atoms with Gasteiger partial charge in [-0.25, -0.2) is 0 Å². The lowest BCUT2D eigenvalue weighted by Gasteiger charge is -2.01. The van der Waals surface area contributed by atoms with E-state index in [1.165, 1.54) is 0 Å². The normalized spacial score (nSPS) is 11.0. The first-order valence-electron chi connectivity index (χ1n) is 5.19. The molecule has 86 valence electrons. The minimum Gasteiger partial charge on any atom is -0.275 e. The van der Waals surface area contributed by atoms with E-state index in [9.17, 15) is 0 Å². The molecule has 0 bridgehead atoms. The molecule has 0 unspecified atom stereocenters. The summed E-state index contributed by atoms with van der Waals surface area (Å²) in [7, 11) is 1.91. The van der Waals surface area contributed by atoms with Gasteiger partial charge in [-0.1, -0.05) is 0 Å². The highest BCUT2D eigenvalue weighted by Crippen LogP contribution is 2.16. The third kappa shape index (κ3) is 1.97. The lowest BCUT2D eigenvalue weighted by atomic mass is 10.2. The first-order valence-corrected chi connectivity index (χ1v) is 5.72. The van der Waals surface area contributed by atoms with Gasteiger partial charge in [0, 0.05) is 24.5 Å². The number of rotatable bonds is 3. The van der Waals surface area contributed by atoms with Crippen molar-refractivity contribution in [1.82, 2.24) is 19.6 Å². The van der Waals surface area contributed by atoms with Gasteiger partial charge in [0.2, 0.25) is 0 Å². The van der Waals surface area contributed by atoms with E-state index in [-0.39, 0.29) is 0 Å². The van der Waals surface area contributed by atoms with Gasteiger partial charge in [0.25, 0.3) is 0 Å². The number of halogens is 1. The van der Waals surface area contributed by atoms with Crippen LogP contribution in [0.1, 0.15) is 22.6 Å². The van der Waals surface area contributed by atoms with E-state index in [0.29, 0.717) is 12.4 Å². The van der Waals surface area contributed by atoms with Crippen LogP contribution in [0.25, 0.3) is 0 Å². The Kier molecular flexibility index (Phi) is 3.01. The molecule has 2 rings (SSSR count). The zero-order chi connectivity index (χ0) is 11.7. The Morgan fingerprint density at radius 3 is 2.56 bits per heavy atom. The van der Waals surface area contributed by atoms with Gasteiger partial charge in [0.1, 0.15) is 0 Å². The van der Waals surface area contributed by atoms with Crippen molar-refractivity contribution in [3.05, 3.63) is 34.9 Å². The summed E-state index contributed by atoms with van der Waals surface area (Å²) >= 11 is 5.88. The monoisotopic (exact) mass is 238 g/mol. The Balaban J connectivity index is 2.28. The Bertz CT molecular complexity index is 498. The molecule has 0 fully saturated rings. The summed E-state index contributed by atoms with van der Waals surface area (Å²) in [4.78, 5) is 0. The van der Waals surface area contributed by atoms with Crippen LogP contribution in [-0.4, -0.2) is 19.6 Å². The maximum absolute atomic E-state index is 5.88. The average molecular weight is 239 g/mol. The van der Waals surface area contributed by atoms with E-state index in [4.69, 9.17) is 11.6 Å². The highest BCUT2D eigenvalue weighted by molar-refractivity contribution is 6.17. The van der Waals surface area contributed by atoms with Crippen LogP contribution >= 0.6 is 11.6 Å². The largest absolute Gasteiger partial charge is 0.275 e. The third-order valence-corrected chi connectivity index (χ3v) is 3.01. The van der Waals surface area contributed by atoms with Crippen LogP contribution in [-0.2, 0) is 19.5 Å². The fourth-order valence-corrected chi connectivity index (χ4v) is 2.17. The molecule has 4 nitrogen and oxygen atoms in total. The molecule has 0 spiro atoms. The summed E-state index contributed by atoms with van der Waals surface area (Å²) in [5, 5.41) is 8.80. The maximum Gasteiger partial charge on any atom is 0.0853 e. The lowest BCUT2D eigenvalue weighted by Crippen LogP contribution is -2.05. The van der Waals surface area contributed by atoms with Crippen LogP contribution in [0.4, 0.5) is 0 Å². The molecule has 0 radical (unpaired) electrons. The van der Waals surface area contributed by atoms with Crippen molar-refractivity contribution in [3.63, 3.8) is 0 Å². The zero-order valence-electron chi connectivity index (χ0n) is 9.74. The van der Waals surface area contributed by atoms with Gasteiger partial charge >= 0.3 is 0 Å². The number of aromatic nitrogens is 4. The highest BCUT2D eigenvalue weighted by Gasteiger charge is 2.11. The fraction of sp³-hybridized carbons (Fsp3) is 0.455. The van der Waals surface area contributed by atoms with Crippen molar-refractivity contribution >= 4 is 11.6 Å². The summed E-state index contributed by atoms with van der Waals surface area (Å²) in [6, 6.07) is 2.00. The molecule has 0 aliphatic carbocycles. The molecule has 0 saturated carbocycles. The number of alkyl halides is 1. The smallest absolute Gasteiger partial charge is 0.0853 e. The van der Waals surface area contributed by atoms with E-state index in [1.54, 1.807) is 4.68 Å². The molecule has 0 aliphatic rings. The molecule has 0 N–H and O–H groups in total. The molecule has 5 heteroatoms. The molecular formula is C11H15ClN4. The Labute approximate surface area is 99.8 Å². The van der Waals surface area contributed by atoms with Crippen molar-refractivity contribution in [2.45, 2.75) is 26.3 Å². The third-order valence-electron chi connectivity index (χ3n) is 2.75. The molecule has 16 heavy (non-hydrogen) atoms. The van der Waals surface area contributed by atoms with E-state index >= 15 is 0 Å². The second-order valence-corrected chi connectivity index (χ2v) is 4.19. The molecule has 0 atom stereocenters.